The Hall–Kier alpha value is -2.91. The van der Waals surface area contributed by atoms with Crippen molar-refractivity contribution in [3.05, 3.63) is 47.2 Å². The van der Waals surface area contributed by atoms with E-state index in [1.54, 1.807) is 24.5 Å². The van der Waals surface area contributed by atoms with Crippen molar-refractivity contribution < 1.29 is 18.8 Å². The first kappa shape index (κ1) is 23.3. The number of carbonyl (C=O) groups is 1. The van der Waals surface area contributed by atoms with E-state index in [1.165, 1.54) is 0 Å². The molecule has 1 aliphatic rings. The fourth-order valence-electron chi connectivity index (χ4n) is 3.83. The molecule has 8 nitrogen and oxygen atoms in total. The highest BCUT2D eigenvalue weighted by Crippen LogP contribution is 2.29. The summed E-state index contributed by atoms with van der Waals surface area (Å²) in [4.78, 5) is 22.8. The van der Waals surface area contributed by atoms with Crippen molar-refractivity contribution in [1.29, 1.82) is 0 Å². The van der Waals surface area contributed by atoms with E-state index in [2.05, 4.69) is 15.0 Å². The second kappa shape index (κ2) is 10.8. The minimum absolute atomic E-state index is 0.0241. The molecule has 1 fully saturated rings. The lowest BCUT2D eigenvalue weighted by atomic mass is 10.1. The van der Waals surface area contributed by atoms with Crippen LogP contribution in [-0.4, -0.2) is 71.8 Å². The molecule has 0 aliphatic carbocycles. The second-order valence-electron chi connectivity index (χ2n) is 8.26. The summed E-state index contributed by atoms with van der Waals surface area (Å²) >= 11 is 1.60. The molecule has 0 radical (unpaired) electrons. The van der Waals surface area contributed by atoms with Gasteiger partial charge in [-0.1, -0.05) is 11.2 Å². The summed E-state index contributed by atoms with van der Waals surface area (Å²) in [7, 11) is 1.59. The predicted octanol–water partition coefficient (Wildman–Crippen LogP) is 3.98. The van der Waals surface area contributed by atoms with Crippen LogP contribution in [0.3, 0.4) is 0 Å². The molecular formula is C24H30N4O4S. The van der Waals surface area contributed by atoms with E-state index in [0.29, 0.717) is 41.9 Å². The maximum absolute atomic E-state index is 13.0. The first-order chi connectivity index (χ1) is 16.0. The summed E-state index contributed by atoms with van der Waals surface area (Å²) in [6, 6.07) is 9.35. The molecule has 1 aliphatic heterocycles. The van der Waals surface area contributed by atoms with Crippen LogP contribution in [-0.2, 0) is 6.42 Å². The van der Waals surface area contributed by atoms with E-state index in [0.717, 1.165) is 37.4 Å². The average molecular weight is 471 g/mol. The molecule has 4 rings (SSSR count). The van der Waals surface area contributed by atoms with Gasteiger partial charge in [0.15, 0.2) is 11.5 Å². The van der Waals surface area contributed by atoms with Gasteiger partial charge in [0.05, 0.1) is 18.1 Å². The van der Waals surface area contributed by atoms with Gasteiger partial charge in [0.25, 0.3) is 5.91 Å². The van der Waals surface area contributed by atoms with Crippen LogP contribution in [0.1, 0.15) is 36.5 Å². The molecule has 2 aromatic heterocycles. The van der Waals surface area contributed by atoms with E-state index >= 15 is 0 Å². The Morgan fingerprint density at radius 2 is 2.00 bits per heavy atom. The number of methoxy groups -OCH3 is 1. The summed E-state index contributed by atoms with van der Waals surface area (Å²) in [6.45, 7) is 7.96. The van der Waals surface area contributed by atoms with Gasteiger partial charge in [0.2, 0.25) is 11.7 Å². The highest BCUT2D eigenvalue weighted by Gasteiger charge is 2.23. The summed E-state index contributed by atoms with van der Waals surface area (Å²) in [5.74, 6) is 2.59. The van der Waals surface area contributed by atoms with Crippen LogP contribution in [0.25, 0.3) is 10.7 Å². The molecule has 0 N–H and O–H groups in total. The van der Waals surface area contributed by atoms with Gasteiger partial charge in [-0.3, -0.25) is 9.69 Å². The van der Waals surface area contributed by atoms with Crippen molar-refractivity contribution in [3.8, 4) is 22.2 Å². The molecule has 9 heteroatoms. The minimum atomic E-state index is 0.0241. The molecule has 0 spiro atoms. The zero-order chi connectivity index (χ0) is 23.2. The van der Waals surface area contributed by atoms with Crippen molar-refractivity contribution in [1.82, 2.24) is 19.9 Å². The van der Waals surface area contributed by atoms with E-state index in [4.69, 9.17) is 14.0 Å². The molecule has 3 heterocycles. The predicted molar refractivity (Wildman–Crippen MR) is 127 cm³/mol. The van der Waals surface area contributed by atoms with Gasteiger partial charge in [0, 0.05) is 38.2 Å². The second-order valence-corrected chi connectivity index (χ2v) is 9.21. The van der Waals surface area contributed by atoms with Crippen LogP contribution in [0.5, 0.6) is 11.5 Å². The van der Waals surface area contributed by atoms with Gasteiger partial charge >= 0.3 is 0 Å². The van der Waals surface area contributed by atoms with E-state index in [1.807, 2.05) is 48.4 Å². The number of hydrogen-bond acceptors (Lipinski definition) is 8. The number of rotatable bonds is 9. The van der Waals surface area contributed by atoms with Crippen LogP contribution < -0.4 is 9.47 Å². The van der Waals surface area contributed by atoms with Gasteiger partial charge in [0.1, 0.15) is 0 Å². The first-order valence-corrected chi connectivity index (χ1v) is 12.1. The summed E-state index contributed by atoms with van der Waals surface area (Å²) in [5, 5.41) is 6.07. The Labute approximate surface area is 198 Å². The summed E-state index contributed by atoms with van der Waals surface area (Å²) in [5.41, 5.74) is 0.620. The molecule has 3 aromatic rings. The topological polar surface area (TPSA) is 80.9 Å². The number of thiophene rings is 1. The maximum atomic E-state index is 13.0. The van der Waals surface area contributed by atoms with Crippen LogP contribution in [0, 0.1) is 0 Å². The van der Waals surface area contributed by atoms with Crippen molar-refractivity contribution in [3.63, 3.8) is 0 Å². The quantitative estimate of drug-likeness (QED) is 0.468. The molecule has 0 atom stereocenters. The number of ether oxygens (including phenoxy) is 2. The third kappa shape index (κ3) is 5.91. The zero-order valence-electron chi connectivity index (χ0n) is 19.3. The molecule has 33 heavy (non-hydrogen) atoms. The monoisotopic (exact) mass is 470 g/mol. The SMILES string of the molecule is COc1cc(C(=O)N2CCN(CCCc3nc(-c4cccs4)no3)CC2)ccc1OC(C)C. The van der Waals surface area contributed by atoms with E-state index < -0.39 is 0 Å². The Morgan fingerprint density at radius 1 is 1.18 bits per heavy atom. The minimum Gasteiger partial charge on any atom is -0.493 e. The lowest BCUT2D eigenvalue weighted by Gasteiger charge is -2.34. The van der Waals surface area contributed by atoms with Crippen LogP contribution in [0.4, 0.5) is 0 Å². The molecule has 1 aromatic carbocycles. The fourth-order valence-corrected chi connectivity index (χ4v) is 4.47. The number of benzene rings is 1. The number of carbonyl (C=O) groups excluding carboxylic acids is 1. The lowest BCUT2D eigenvalue weighted by Crippen LogP contribution is -2.48. The largest absolute Gasteiger partial charge is 0.493 e. The number of nitrogens with zero attached hydrogens (tertiary/aromatic N) is 4. The Kier molecular flexibility index (Phi) is 7.61. The van der Waals surface area contributed by atoms with E-state index in [-0.39, 0.29) is 12.0 Å². The van der Waals surface area contributed by atoms with E-state index in [9.17, 15) is 4.79 Å². The molecule has 1 saturated heterocycles. The normalized spacial score (nSPS) is 14.6. The smallest absolute Gasteiger partial charge is 0.254 e. The van der Waals surface area contributed by atoms with Crippen LogP contribution in [0.2, 0.25) is 0 Å². The van der Waals surface area contributed by atoms with Crippen LogP contribution >= 0.6 is 11.3 Å². The van der Waals surface area contributed by atoms with Crippen LogP contribution in [0.15, 0.2) is 40.2 Å². The lowest BCUT2D eigenvalue weighted by molar-refractivity contribution is 0.0635. The standard InChI is InChI=1S/C24H30N4O4S/c1-17(2)31-19-9-8-18(16-20(19)30-3)24(29)28-13-11-27(12-14-28)10-4-7-22-25-23(26-32-22)21-6-5-15-33-21/h5-6,8-9,15-17H,4,7,10-14H2,1-3H3. The summed E-state index contributed by atoms with van der Waals surface area (Å²) < 4.78 is 16.6. The van der Waals surface area contributed by atoms with Gasteiger partial charge in [-0.15, -0.1) is 11.3 Å². The van der Waals surface area contributed by atoms with Crippen molar-refractivity contribution in [2.45, 2.75) is 32.8 Å². The molecular weight excluding hydrogens is 440 g/mol. The number of aryl methyl sites for hydroxylation is 1. The first-order valence-electron chi connectivity index (χ1n) is 11.3. The Bertz CT molecular complexity index is 1040. The van der Waals surface area contributed by atoms with Gasteiger partial charge < -0.3 is 18.9 Å². The number of piperazine rings is 1. The number of amides is 1. The summed E-state index contributed by atoms with van der Waals surface area (Å²) in [6.07, 6.45) is 1.73. The third-order valence-electron chi connectivity index (χ3n) is 5.51. The molecule has 0 saturated carbocycles. The highest BCUT2D eigenvalue weighted by atomic mass is 32.1. The van der Waals surface area contributed by atoms with Crippen molar-refractivity contribution in [2.24, 2.45) is 0 Å². The van der Waals surface area contributed by atoms with Gasteiger partial charge in [-0.25, -0.2) is 0 Å². The number of hydrogen-bond donors (Lipinski definition) is 0. The van der Waals surface area contributed by atoms with Gasteiger partial charge in [-0.2, -0.15) is 4.98 Å². The number of aromatic nitrogens is 2. The zero-order valence-corrected chi connectivity index (χ0v) is 20.1. The third-order valence-corrected chi connectivity index (χ3v) is 6.37. The Morgan fingerprint density at radius 3 is 2.70 bits per heavy atom. The molecule has 0 bridgehead atoms. The van der Waals surface area contributed by atoms with Crippen molar-refractivity contribution in [2.75, 3.05) is 39.8 Å². The molecule has 0 unspecified atom stereocenters. The highest BCUT2D eigenvalue weighted by molar-refractivity contribution is 7.13. The molecule has 176 valence electrons. The fraction of sp³-hybridized carbons (Fsp3) is 0.458. The maximum Gasteiger partial charge on any atom is 0.254 e. The Balaban J connectivity index is 1.24. The average Bonchev–Trinajstić information content (AvgIpc) is 3.51. The van der Waals surface area contributed by atoms with Crippen molar-refractivity contribution >= 4 is 17.2 Å². The molecule has 1 amide bonds. The van der Waals surface area contributed by atoms with Gasteiger partial charge in [-0.05, 0) is 56.5 Å².